The van der Waals surface area contributed by atoms with Gasteiger partial charge in [0.05, 0.1) is 0 Å². The molecule has 7 heteroatoms. The standard InChI is InChI=1S/B2I2S3/c3-1-5-2(4)7-6-1. The first-order chi connectivity index (χ1) is 3.29. The minimum Gasteiger partial charge on any atom is -0.206 e. The quantitative estimate of drug-likeness (QED) is 0.365. The predicted octanol–water partition coefficient (Wildman–Crippen LogP) is 2.95. The highest BCUT2D eigenvalue weighted by Crippen LogP contribution is 2.50. The molecule has 1 aliphatic rings. The Morgan fingerprint density at radius 3 is 1.57 bits per heavy atom. The van der Waals surface area contributed by atoms with Crippen LogP contribution in [0.4, 0.5) is 0 Å². The fourth-order valence-corrected chi connectivity index (χ4v) is 10.8. The molecule has 0 nitrogen and oxygen atoms in total. The summed E-state index contributed by atoms with van der Waals surface area (Å²) in [5.41, 5.74) is 0. The van der Waals surface area contributed by atoms with E-state index in [9.17, 15) is 0 Å². The average Bonchev–Trinajstić information content (AvgIpc) is 1.87. The Kier molecular flexibility index (Phi) is 4.12. The van der Waals surface area contributed by atoms with Crippen LogP contribution in [0, 0.1) is 0 Å². The van der Waals surface area contributed by atoms with Crippen molar-refractivity contribution in [3.05, 3.63) is 0 Å². The second kappa shape index (κ2) is 3.72. The van der Waals surface area contributed by atoms with Crippen molar-refractivity contribution in [1.29, 1.82) is 0 Å². The predicted molar refractivity (Wildman–Crippen MR) is 62.3 cm³/mol. The maximum absolute atomic E-state index is 2.45. The third-order valence-corrected chi connectivity index (χ3v) is 10.1. The molecule has 0 saturated carbocycles. The lowest BCUT2D eigenvalue weighted by Crippen LogP contribution is -1.84. The van der Waals surface area contributed by atoms with Crippen molar-refractivity contribution in [3.63, 3.8) is 0 Å². The number of hydrogen-bond donors (Lipinski definition) is 0. The van der Waals surface area contributed by atoms with Gasteiger partial charge in [-0.15, -0.1) is 66.0 Å². The van der Waals surface area contributed by atoms with E-state index in [1.807, 2.05) is 32.8 Å². The molecule has 1 heterocycles. The van der Waals surface area contributed by atoms with Crippen LogP contribution in [-0.4, -0.2) is 6.25 Å². The molecular formula is B2I2S3. The largest absolute Gasteiger partial charge is 0.347 e. The lowest BCUT2D eigenvalue weighted by Gasteiger charge is -1.83. The smallest absolute Gasteiger partial charge is 0.206 e. The Morgan fingerprint density at radius 2 is 1.43 bits per heavy atom. The van der Waals surface area contributed by atoms with Gasteiger partial charge in [0.2, 0.25) is 0 Å². The summed E-state index contributed by atoms with van der Waals surface area (Å²) >= 11 is 6.91. The summed E-state index contributed by atoms with van der Waals surface area (Å²) in [5.74, 6) is 0. The highest BCUT2D eigenvalue weighted by molar-refractivity contribution is 14.1. The zero-order chi connectivity index (χ0) is 5.28. The van der Waals surface area contributed by atoms with Gasteiger partial charge in [-0.1, -0.05) is 0 Å². The van der Waals surface area contributed by atoms with Crippen LogP contribution in [-0.2, 0) is 0 Å². The molecule has 38 valence electrons. The molecule has 0 spiro atoms. The van der Waals surface area contributed by atoms with Gasteiger partial charge in [-0.3, -0.25) is 0 Å². The van der Waals surface area contributed by atoms with E-state index in [0.29, 0.717) is 0 Å². The summed E-state index contributed by atoms with van der Waals surface area (Å²) in [6, 6.07) is 0. The van der Waals surface area contributed by atoms with Gasteiger partial charge >= 0.3 is 6.25 Å². The molecule has 0 aromatic heterocycles. The zero-order valence-electron chi connectivity index (χ0n) is 3.14. The SMILES string of the molecule is IB1SSB(I)S1. The van der Waals surface area contributed by atoms with Crippen LogP contribution in [0.2, 0.25) is 0 Å². The molecule has 1 fully saturated rings. The van der Waals surface area contributed by atoms with E-state index in [4.69, 9.17) is 0 Å². The van der Waals surface area contributed by atoms with Gasteiger partial charge in [0.1, 0.15) is 0 Å². The molecule has 0 unspecified atom stereocenters. The highest BCUT2D eigenvalue weighted by Gasteiger charge is 2.28. The van der Waals surface area contributed by atoms with Crippen molar-refractivity contribution in [3.8, 4) is 0 Å². The summed E-state index contributed by atoms with van der Waals surface area (Å²) in [5, 5.41) is 0. The second-order valence-electron chi connectivity index (χ2n) is 0.877. The van der Waals surface area contributed by atoms with Crippen LogP contribution >= 0.6 is 77.5 Å². The van der Waals surface area contributed by atoms with Crippen molar-refractivity contribution in [2.45, 2.75) is 0 Å². The topological polar surface area (TPSA) is 0 Å². The van der Waals surface area contributed by atoms with Crippen LogP contribution in [0.25, 0.3) is 0 Å². The summed E-state index contributed by atoms with van der Waals surface area (Å²) in [6.07, 6.45) is 0. The first-order valence-corrected chi connectivity index (χ1v) is 7.26. The normalized spacial score (nSPS) is 21.4. The van der Waals surface area contributed by atoms with E-state index in [0.717, 1.165) is 6.25 Å². The van der Waals surface area contributed by atoms with Crippen molar-refractivity contribution < 1.29 is 0 Å². The Labute approximate surface area is 82.4 Å². The molecule has 0 aromatic carbocycles. The number of rotatable bonds is 0. The monoisotopic (exact) mass is 372 g/mol. The first-order valence-electron chi connectivity index (χ1n) is 1.55. The third kappa shape index (κ3) is 2.81. The molecule has 0 N–H and O–H groups in total. The Bertz CT molecular complexity index is 60.0. The van der Waals surface area contributed by atoms with Crippen molar-refractivity contribution in [2.75, 3.05) is 0 Å². The minimum atomic E-state index is 0.782. The highest BCUT2D eigenvalue weighted by atomic mass is 127. The van der Waals surface area contributed by atoms with E-state index in [1.54, 1.807) is 0 Å². The van der Waals surface area contributed by atoms with Gasteiger partial charge in [0.15, 0.2) is 0 Å². The van der Waals surface area contributed by atoms with Gasteiger partial charge in [-0.25, -0.2) is 11.5 Å². The maximum Gasteiger partial charge on any atom is 0.347 e. The molecule has 7 heavy (non-hydrogen) atoms. The van der Waals surface area contributed by atoms with E-state index in [-0.39, 0.29) is 0 Å². The van der Waals surface area contributed by atoms with Gasteiger partial charge < -0.3 is 0 Å². The Morgan fingerprint density at radius 1 is 1.00 bits per heavy atom. The molecule has 1 saturated heterocycles. The minimum absolute atomic E-state index is 0.782. The van der Waals surface area contributed by atoms with Crippen LogP contribution in [0.3, 0.4) is 0 Å². The van der Waals surface area contributed by atoms with E-state index in [2.05, 4.69) is 44.7 Å². The molecule has 0 bridgehead atoms. The second-order valence-corrected chi connectivity index (χ2v) is 11.0. The summed E-state index contributed by atoms with van der Waals surface area (Å²) in [6.45, 7) is 0. The molecule has 0 amide bonds. The molecule has 0 radical (unpaired) electrons. The number of halogens is 2. The van der Waals surface area contributed by atoms with Gasteiger partial charge in [0, 0.05) is 0 Å². The van der Waals surface area contributed by atoms with Crippen LogP contribution < -0.4 is 0 Å². The third-order valence-electron chi connectivity index (χ3n) is 0.421. The van der Waals surface area contributed by atoms with Crippen molar-refractivity contribution >= 4 is 83.8 Å². The fraction of sp³-hybridized carbons (Fsp3) is 0. The Hall–Kier alpha value is 2.64. The number of hydrogen-bond acceptors (Lipinski definition) is 3. The molecule has 0 atom stereocenters. The maximum atomic E-state index is 2.45. The molecule has 0 aromatic rings. The summed E-state index contributed by atoms with van der Waals surface area (Å²) < 4.78 is 1.56. The fourth-order valence-electron chi connectivity index (χ4n) is 0.217. The van der Waals surface area contributed by atoms with Crippen LogP contribution in [0.5, 0.6) is 0 Å². The zero-order valence-corrected chi connectivity index (χ0v) is 9.90. The van der Waals surface area contributed by atoms with E-state index < -0.39 is 0 Å². The molecule has 0 aliphatic carbocycles. The molecule has 1 aliphatic heterocycles. The first kappa shape index (κ1) is 7.74. The van der Waals surface area contributed by atoms with Gasteiger partial charge in [-0.2, -0.15) is 0 Å². The lowest BCUT2D eigenvalue weighted by molar-refractivity contribution is 4.70. The van der Waals surface area contributed by atoms with Crippen molar-refractivity contribution in [2.24, 2.45) is 0 Å². The summed E-state index contributed by atoms with van der Waals surface area (Å²) in [4.78, 5) is 0. The van der Waals surface area contributed by atoms with E-state index in [1.165, 1.54) is 0 Å². The summed E-state index contributed by atoms with van der Waals surface area (Å²) in [7, 11) is 3.93. The van der Waals surface area contributed by atoms with E-state index >= 15 is 0 Å². The van der Waals surface area contributed by atoms with Gasteiger partial charge in [0.25, 0.3) is 0 Å². The van der Waals surface area contributed by atoms with Crippen LogP contribution in [0.15, 0.2) is 0 Å². The van der Waals surface area contributed by atoms with Gasteiger partial charge in [-0.05, 0) is 0 Å². The lowest BCUT2D eigenvalue weighted by atomic mass is 10.7. The molecular weight excluding hydrogens is 372 g/mol. The Balaban J connectivity index is 2.26. The molecule has 1 rings (SSSR count). The van der Waals surface area contributed by atoms with Crippen LogP contribution in [0.1, 0.15) is 0 Å². The van der Waals surface area contributed by atoms with Crippen molar-refractivity contribution in [1.82, 2.24) is 0 Å². The average molecular weight is 372 g/mol.